The van der Waals surface area contributed by atoms with Crippen LogP contribution in [0, 0.1) is 0 Å². The Bertz CT molecular complexity index is 1440. The Morgan fingerprint density at radius 2 is 1.89 bits per heavy atom. The maximum atomic E-state index is 12.4. The van der Waals surface area contributed by atoms with E-state index < -0.39 is 5.97 Å². The molecule has 0 bridgehead atoms. The van der Waals surface area contributed by atoms with Gasteiger partial charge in [0.05, 0.1) is 28.7 Å². The van der Waals surface area contributed by atoms with Crippen molar-refractivity contribution < 1.29 is 33.6 Å². The maximum Gasteiger partial charge on any atom is 1.00 e. The first-order chi connectivity index (χ1) is 16.4. The van der Waals surface area contributed by atoms with E-state index >= 15 is 0 Å². The molecule has 7 nitrogen and oxygen atoms in total. The number of nitrogens with zero attached hydrogens (tertiary/aromatic N) is 2. The van der Waals surface area contributed by atoms with Gasteiger partial charge >= 0.3 is 18.9 Å². The number of aromatic carboxylic acids is 1. The number of carbonyl (C=O) groups is 2. The van der Waals surface area contributed by atoms with Crippen LogP contribution in [0.2, 0.25) is 0 Å². The second kappa shape index (κ2) is 9.91. The third-order valence-electron chi connectivity index (χ3n) is 6.14. The van der Waals surface area contributed by atoms with Crippen molar-refractivity contribution in [2.45, 2.75) is 32.7 Å². The normalized spacial score (nSPS) is 14.8. The fourth-order valence-electron chi connectivity index (χ4n) is 4.45. The Kier molecular flexibility index (Phi) is 6.92. The summed E-state index contributed by atoms with van der Waals surface area (Å²) in [5.41, 5.74) is 6.17. The number of amides is 1. The minimum atomic E-state index is -1.31. The number of anilines is 2. The smallest absolute Gasteiger partial charge is 0.543 e. The van der Waals surface area contributed by atoms with Gasteiger partial charge < -0.3 is 20.5 Å². The number of pyridine rings is 2. The molecule has 1 aliphatic heterocycles. The predicted octanol–water partition coefficient (Wildman–Crippen LogP) is 1.04. The number of rotatable bonds is 4. The molecule has 0 radical (unpaired) electrons. The van der Waals surface area contributed by atoms with Gasteiger partial charge in [-0.05, 0) is 48.1 Å². The number of aryl methyl sites for hydroxylation is 1. The zero-order chi connectivity index (χ0) is 23.8. The van der Waals surface area contributed by atoms with Gasteiger partial charge in [-0.3, -0.25) is 14.8 Å². The van der Waals surface area contributed by atoms with Crippen molar-refractivity contribution in [3.63, 3.8) is 0 Å². The number of benzene rings is 2. The molecule has 2 aromatic heterocycles. The Labute approximate surface area is 215 Å². The van der Waals surface area contributed by atoms with Crippen LogP contribution in [0.5, 0.6) is 0 Å². The first-order valence-corrected chi connectivity index (χ1v) is 11.2. The van der Waals surface area contributed by atoms with Gasteiger partial charge in [0.15, 0.2) is 0 Å². The number of aromatic nitrogens is 2. The number of nitrogens with one attached hydrogen (secondary N) is 2. The molecule has 0 unspecified atom stereocenters. The van der Waals surface area contributed by atoms with E-state index in [1.807, 2.05) is 31.3 Å². The van der Waals surface area contributed by atoms with Crippen molar-refractivity contribution in [2.24, 2.45) is 0 Å². The third kappa shape index (κ3) is 4.66. The summed E-state index contributed by atoms with van der Waals surface area (Å²) in [6.45, 7) is 4.08. The summed E-state index contributed by atoms with van der Waals surface area (Å²) in [4.78, 5) is 32.0. The minimum Gasteiger partial charge on any atom is -0.543 e. The second-order valence-corrected chi connectivity index (χ2v) is 8.49. The number of carbonyl (C=O) groups excluding carboxylic acids is 2. The molecule has 170 valence electrons. The molecule has 0 aliphatic carbocycles. The van der Waals surface area contributed by atoms with Crippen molar-refractivity contribution in [3.05, 3.63) is 72.2 Å². The molecule has 0 fully saturated rings. The number of hydrogen-bond donors (Lipinski definition) is 2. The van der Waals surface area contributed by atoms with Crippen LogP contribution in [-0.4, -0.2) is 27.9 Å². The molecule has 1 amide bonds. The molecule has 35 heavy (non-hydrogen) atoms. The van der Waals surface area contributed by atoms with E-state index in [4.69, 9.17) is 0 Å². The van der Waals surface area contributed by atoms with E-state index in [0.717, 1.165) is 50.8 Å². The fourth-order valence-corrected chi connectivity index (χ4v) is 4.45. The summed E-state index contributed by atoms with van der Waals surface area (Å²) in [6, 6.07) is 15.3. The first kappa shape index (κ1) is 24.5. The summed E-state index contributed by atoms with van der Waals surface area (Å²) in [5.74, 6) is -1.30. The zero-order valence-electron chi connectivity index (χ0n) is 19.9. The molecule has 3 heterocycles. The van der Waals surface area contributed by atoms with Crippen LogP contribution in [0.1, 0.15) is 36.3 Å². The molecule has 5 rings (SSSR count). The van der Waals surface area contributed by atoms with E-state index in [2.05, 4.69) is 45.7 Å². The monoisotopic (exact) mass is 458 g/mol. The SMILES string of the molecule is CCc1ccc(-c2cccc3cc(-c4ccc(C(=O)[O-])nc4)ncc23)c2c1NC(=O)C[C@@H](C)N2.[Li+]. The molecule has 0 saturated carbocycles. The topological polar surface area (TPSA) is 107 Å². The van der Waals surface area contributed by atoms with Gasteiger partial charge in [0, 0.05) is 41.4 Å². The van der Waals surface area contributed by atoms with E-state index in [-0.39, 0.29) is 36.5 Å². The van der Waals surface area contributed by atoms with Gasteiger partial charge in [-0.1, -0.05) is 37.3 Å². The molecule has 0 saturated heterocycles. The standard InChI is InChI=1S/C27H24N4O3.Li/c1-3-16-7-9-20(26-25(16)31-24(32)11-15(2)30-26)19-6-4-5-17-12-23(29-14-21(17)19)18-8-10-22(27(33)34)28-13-18;/h4-10,12-15,30H,3,11H2,1-2H3,(H,31,32)(H,33,34);/q;+1/p-1/t15-;/m1./s1. The Balaban J connectivity index is 0.00000289. The second-order valence-electron chi connectivity index (χ2n) is 8.49. The van der Waals surface area contributed by atoms with Crippen LogP contribution in [0.3, 0.4) is 0 Å². The van der Waals surface area contributed by atoms with Gasteiger partial charge in [0.2, 0.25) is 5.91 Å². The van der Waals surface area contributed by atoms with E-state index in [1.54, 1.807) is 6.07 Å². The van der Waals surface area contributed by atoms with Crippen molar-refractivity contribution in [1.29, 1.82) is 0 Å². The minimum absolute atomic E-state index is 0. The van der Waals surface area contributed by atoms with E-state index in [0.29, 0.717) is 12.1 Å². The van der Waals surface area contributed by atoms with Gasteiger partial charge in [-0.15, -0.1) is 0 Å². The number of carboxylic acid groups (broad SMARTS) is 1. The molecule has 0 spiro atoms. The van der Waals surface area contributed by atoms with Crippen LogP contribution < -0.4 is 34.6 Å². The average molecular weight is 458 g/mol. The number of fused-ring (bicyclic) bond motifs is 2. The van der Waals surface area contributed by atoms with Crippen molar-refractivity contribution in [1.82, 2.24) is 9.97 Å². The van der Waals surface area contributed by atoms with Crippen LogP contribution in [0.4, 0.5) is 11.4 Å². The van der Waals surface area contributed by atoms with Crippen molar-refractivity contribution in [2.75, 3.05) is 10.6 Å². The summed E-state index contributed by atoms with van der Waals surface area (Å²) < 4.78 is 0. The predicted molar refractivity (Wildman–Crippen MR) is 130 cm³/mol. The molecule has 1 atom stereocenters. The Morgan fingerprint density at radius 1 is 1.06 bits per heavy atom. The van der Waals surface area contributed by atoms with Gasteiger partial charge in [-0.25, -0.2) is 0 Å². The largest absolute Gasteiger partial charge is 1.00 e. The fraction of sp³-hybridized carbons (Fsp3) is 0.185. The summed E-state index contributed by atoms with van der Waals surface area (Å²) >= 11 is 0. The van der Waals surface area contributed by atoms with Crippen LogP contribution in [0.25, 0.3) is 33.2 Å². The molecule has 2 aromatic carbocycles. The Hall–Kier alpha value is -3.66. The maximum absolute atomic E-state index is 12.4. The Morgan fingerprint density at radius 3 is 2.60 bits per heavy atom. The van der Waals surface area contributed by atoms with E-state index in [1.165, 1.54) is 12.3 Å². The average Bonchev–Trinajstić information content (AvgIpc) is 2.99. The van der Waals surface area contributed by atoms with Crippen LogP contribution >= 0.6 is 0 Å². The number of hydrogen-bond acceptors (Lipinski definition) is 6. The molecule has 8 heteroatoms. The molecule has 1 aliphatic rings. The van der Waals surface area contributed by atoms with Crippen molar-refractivity contribution in [3.8, 4) is 22.4 Å². The van der Waals surface area contributed by atoms with Gasteiger partial charge in [0.25, 0.3) is 0 Å². The molecular weight excluding hydrogens is 435 g/mol. The first-order valence-electron chi connectivity index (χ1n) is 11.2. The quantitative estimate of drug-likeness (QED) is 0.443. The van der Waals surface area contributed by atoms with Gasteiger partial charge in [-0.2, -0.15) is 0 Å². The molecule has 2 N–H and O–H groups in total. The molecular formula is C27H23LiN4O3. The summed E-state index contributed by atoms with van der Waals surface area (Å²) in [5, 5.41) is 19.6. The van der Waals surface area contributed by atoms with E-state index in [9.17, 15) is 14.7 Å². The van der Waals surface area contributed by atoms with Crippen molar-refractivity contribution >= 4 is 34.0 Å². The van der Waals surface area contributed by atoms with Crippen LogP contribution in [0.15, 0.2) is 60.9 Å². The zero-order valence-corrected chi connectivity index (χ0v) is 19.9. The summed E-state index contributed by atoms with van der Waals surface area (Å²) in [6.07, 6.45) is 4.53. The molecule has 4 aromatic rings. The summed E-state index contributed by atoms with van der Waals surface area (Å²) in [7, 11) is 0. The number of carboxylic acids is 1. The third-order valence-corrected chi connectivity index (χ3v) is 6.14. The van der Waals surface area contributed by atoms with Gasteiger partial charge in [0.1, 0.15) is 0 Å². The van der Waals surface area contributed by atoms with Crippen LogP contribution in [-0.2, 0) is 11.2 Å².